The van der Waals surface area contributed by atoms with E-state index >= 15 is 0 Å². The number of likely N-dealkylation sites (tertiary alicyclic amines) is 1. The Kier molecular flexibility index (Phi) is 3.93. The van der Waals surface area contributed by atoms with Gasteiger partial charge in [0.05, 0.1) is 0 Å². The number of amides is 1. The first-order chi connectivity index (χ1) is 7.30. The molecule has 3 nitrogen and oxygen atoms in total. The van der Waals surface area contributed by atoms with Crippen LogP contribution >= 0.6 is 0 Å². The summed E-state index contributed by atoms with van der Waals surface area (Å²) >= 11 is 0. The minimum Gasteiger partial charge on any atom is -0.343 e. The monoisotopic (exact) mass is 237 g/mol. The van der Waals surface area contributed by atoms with Crippen LogP contribution in [0.25, 0.3) is 0 Å². The van der Waals surface area contributed by atoms with E-state index < -0.39 is 18.4 Å². The van der Waals surface area contributed by atoms with E-state index in [9.17, 15) is 22.8 Å². The zero-order chi connectivity index (χ0) is 12.3. The van der Waals surface area contributed by atoms with E-state index in [2.05, 4.69) is 0 Å². The van der Waals surface area contributed by atoms with Crippen molar-refractivity contribution < 1.29 is 22.8 Å². The van der Waals surface area contributed by atoms with Crippen molar-refractivity contribution in [3.05, 3.63) is 0 Å². The van der Waals surface area contributed by atoms with Crippen molar-refractivity contribution in [3.63, 3.8) is 0 Å². The summed E-state index contributed by atoms with van der Waals surface area (Å²) in [4.78, 5) is 23.3. The van der Waals surface area contributed by atoms with Crippen molar-refractivity contribution in [2.75, 3.05) is 13.1 Å². The first-order valence-corrected chi connectivity index (χ1v) is 5.16. The summed E-state index contributed by atoms with van der Waals surface area (Å²) in [6.07, 6.45) is -4.23. The van der Waals surface area contributed by atoms with E-state index in [4.69, 9.17) is 0 Å². The molecular weight excluding hydrogens is 223 g/mol. The van der Waals surface area contributed by atoms with E-state index in [1.807, 2.05) is 0 Å². The quantitative estimate of drug-likeness (QED) is 0.734. The highest BCUT2D eigenvalue weighted by atomic mass is 19.4. The maximum Gasteiger partial charge on any atom is 0.449 e. The van der Waals surface area contributed by atoms with Crippen LogP contribution in [-0.2, 0) is 9.59 Å². The molecule has 0 saturated carbocycles. The van der Waals surface area contributed by atoms with Crippen LogP contribution in [0.3, 0.4) is 0 Å². The number of nitrogens with zero attached hydrogens (tertiary/aromatic N) is 1. The minimum absolute atomic E-state index is 0.0689. The van der Waals surface area contributed by atoms with Gasteiger partial charge in [-0.1, -0.05) is 0 Å². The van der Waals surface area contributed by atoms with E-state index in [1.54, 1.807) is 4.90 Å². The SMILES string of the molecule is CC(=O)N1CCC(CC(=O)C(F)(F)F)CC1. The Morgan fingerprint density at radius 2 is 1.75 bits per heavy atom. The Morgan fingerprint density at radius 3 is 2.12 bits per heavy atom. The number of alkyl halides is 3. The number of rotatable bonds is 2. The third-order valence-electron chi connectivity index (χ3n) is 2.85. The number of halogens is 3. The highest BCUT2D eigenvalue weighted by molar-refractivity contribution is 5.84. The van der Waals surface area contributed by atoms with Crippen LogP contribution in [0.5, 0.6) is 0 Å². The molecule has 0 spiro atoms. The van der Waals surface area contributed by atoms with Crippen molar-refractivity contribution in [1.82, 2.24) is 4.90 Å². The maximum absolute atomic E-state index is 12.0. The van der Waals surface area contributed by atoms with Gasteiger partial charge >= 0.3 is 6.18 Å². The summed E-state index contributed by atoms with van der Waals surface area (Å²) in [5, 5.41) is 0. The maximum atomic E-state index is 12.0. The van der Waals surface area contributed by atoms with Crippen molar-refractivity contribution in [1.29, 1.82) is 0 Å². The standard InChI is InChI=1S/C10H14F3NO2/c1-7(15)14-4-2-8(3-5-14)6-9(16)10(11,12)13/h8H,2-6H2,1H3. The summed E-state index contributed by atoms with van der Waals surface area (Å²) in [6, 6.07) is 0. The Bertz CT molecular complexity index is 280. The van der Waals surface area contributed by atoms with Gasteiger partial charge in [0, 0.05) is 26.4 Å². The number of hydrogen-bond donors (Lipinski definition) is 0. The van der Waals surface area contributed by atoms with Crippen LogP contribution < -0.4 is 0 Å². The van der Waals surface area contributed by atoms with Crippen LogP contribution in [-0.4, -0.2) is 35.9 Å². The normalized spacial score (nSPS) is 18.6. The second-order valence-electron chi connectivity index (χ2n) is 4.07. The Morgan fingerprint density at radius 1 is 1.25 bits per heavy atom. The van der Waals surface area contributed by atoms with Crippen LogP contribution in [0.15, 0.2) is 0 Å². The fourth-order valence-corrected chi connectivity index (χ4v) is 1.83. The molecule has 6 heteroatoms. The van der Waals surface area contributed by atoms with Crippen molar-refractivity contribution in [3.8, 4) is 0 Å². The number of hydrogen-bond acceptors (Lipinski definition) is 2. The summed E-state index contributed by atoms with van der Waals surface area (Å²) < 4.78 is 36.0. The first kappa shape index (κ1) is 13.0. The molecule has 0 unspecified atom stereocenters. The fourth-order valence-electron chi connectivity index (χ4n) is 1.83. The average Bonchev–Trinajstić information content (AvgIpc) is 2.17. The Labute approximate surface area is 91.6 Å². The van der Waals surface area contributed by atoms with Gasteiger partial charge in [0.2, 0.25) is 11.7 Å². The van der Waals surface area contributed by atoms with Crippen molar-refractivity contribution >= 4 is 11.7 Å². The predicted molar refractivity (Wildman–Crippen MR) is 50.7 cm³/mol. The Hall–Kier alpha value is -1.07. The molecule has 92 valence electrons. The lowest BCUT2D eigenvalue weighted by Gasteiger charge is -2.31. The largest absolute Gasteiger partial charge is 0.449 e. The second kappa shape index (κ2) is 4.84. The third-order valence-corrected chi connectivity index (χ3v) is 2.85. The summed E-state index contributed by atoms with van der Waals surface area (Å²) in [5.41, 5.74) is 0. The zero-order valence-electron chi connectivity index (χ0n) is 9.01. The molecule has 1 rings (SSSR count). The lowest BCUT2D eigenvalue weighted by Crippen LogP contribution is -2.38. The molecular formula is C10H14F3NO2. The molecule has 0 N–H and O–H groups in total. The smallest absolute Gasteiger partial charge is 0.343 e. The second-order valence-corrected chi connectivity index (χ2v) is 4.07. The van der Waals surface area contributed by atoms with Gasteiger partial charge in [-0.2, -0.15) is 13.2 Å². The lowest BCUT2D eigenvalue weighted by molar-refractivity contribution is -0.172. The highest BCUT2D eigenvalue weighted by Gasteiger charge is 2.39. The highest BCUT2D eigenvalue weighted by Crippen LogP contribution is 2.26. The molecule has 16 heavy (non-hydrogen) atoms. The zero-order valence-corrected chi connectivity index (χ0v) is 9.01. The molecule has 0 radical (unpaired) electrons. The molecule has 0 aromatic rings. The van der Waals surface area contributed by atoms with Gasteiger partial charge in [-0.15, -0.1) is 0 Å². The number of piperidine rings is 1. The lowest BCUT2D eigenvalue weighted by atomic mass is 9.91. The first-order valence-electron chi connectivity index (χ1n) is 5.16. The minimum atomic E-state index is -4.72. The van der Waals surface area contributed by atoms with Crippen LogP contribution in [0.1, 0.15) is 26.2 Å². The van der Waals surface area contributed by atoms with Gasteiger partial charge in [-0.3, -0.25) is 9.59 Å². The van der Waals surface area contributed by atoms with Crippen molar-refractivity contribution in [2.45, 2.75) is 32.4 Å². The van der Waals surface area contributed by atoms with E-state index in [0.717, 1.165) is 0 Å². The molecule has 1 fully saturated rings. The van der Waals surface area contributed by atoms with Gasteiger partial charge in [0.25, 0.3) is 0 Å². The molecule has 1 amide bonds. The van der Waals surface area contributed by atoms with Gasteiger partial charge < -0.3 is 4.90 Å². The van der Waals surface area contributed by atoms with E-state index in [-0.39, 0.29) is 11.8 Å². The summed E-state index contributed by atoms with van der Waals surface area (Å²) in [5.74, 6) is -1.97. The molecule has 1 aliphatic rings. The Balaban J connectivity index is 2.38. The van der Waals surface area contributed by atoms with Gasteiger partial charge in [0.15, 0.2) is 0 Å². The van der Waals surface area contributed by atoms with Crippen LogP contribution in [0.4, 0.5) is 13.2 Å². The third kappa shape index (κ3) is 3.50. The van der Waals surface area contributed by atoms with Crippen LogP contribution in [0, 0.1) is 5.92 Å². The summed E-state index contributed by atoms with van der Waals surface area (Å²) in [7, 11) is 0. The number of carbonyl (C=O) groups excluding carboxylic acids is 2. The van der Waals surface area contributed by atoms with Gasteiger partial charge in [0.1, 0.15) is 0 Å². The molecule has 1 heterocycles. The average molecular weight is 237 g/mol. The summed E-state index contributed by atoms with van der Waals surface area (Å²) in [6.45, 7) is 2.33. The predicted octanol–water partition coefficient (Wildman–Crippen LogP) is 1.77. The van der Waals surface area contributed by atoms with Crippen LogP contribution in [0.2, 0.25) is 0 Å². The van der Waals surface area contributed by atoms with Crippen molar-refractivity contribution in [2.24, 2.45) is 5.92 Å². The molecule has 0 bridgehead atoms. The topological polar surface area (TPSA) is 37.4 Å². The molecule has 0 aromatic heterocycles. The van der Waals surface area contributed by atoms with Gasteiger partial charge in [-0.25, -0.2) is 0 Å². The molecule has 0 aromatic carbocycles. The van der Waals surface area contributed by atoms with E-state index in [1.165, 1.54) is 6.92 Å². The van der Waals surface area contributed by atoms with E-state index in [0.29, 0.717) is 25.9 Å². The number of carbonyl (C=O) groups is 2. The number of ketones is 1. The van der Waals surface area contributed by atoms with Gasteiger partial charge in [-0.05, 0) is 18.8 Å². The fraction of sp³-hybridized carbons (Fsp3) is 0.800. The molecule has 0 atom stereocenters. The molecule has 1 aliphatic heterocycles. The molecule has 1 saturated heterocycles. The molecule has 0 aliphatic carbocycles. The number of Topliss-reactive ketones (excluding diaryl/α,β-unsaturated/α-hetero) is 1.